The number of nitrogens with one attached hydrogen (secondary N) is 1. The van der Waals surface area contributed by atoms with Gasteiger partial charge in [-0.25, -0.2) is 4.39 Å². The number of amides is 2. The monoisotopic (exact) mass is 331 g/mol. The second-order valence-corrected chi connectivity index (χ2v) is 5.52. The van der Waals surface area contributed by atoms with Gasteiger partial charge in [0.05, 0.1) is 11.1 Å². The number of hydrogen-bond donors (Lipinski definition) is 2. The van der Waals surface area contributed by atoms with Gasteiger partial charge in [-0.1, -0.05) is 13.3 Å². The van der Waals surface area contributed by atoms with Crippen molar-refractivity contribution in [2.75, 3.05) is 19.4 Å². The predicted molar refractivity (Wildman–Crippen MR) is 87.8 cm³/mol. The van der Waals surface area contributed by atoms with E-state index in [-0.39, 0.29) is 23.9 Å². The molecule has 3 N–H and O–H groups in total. The van der Waals surface area contributed by atoms with E-state index in [0.717, 1.165) is 12.5 Å². The maximum absolute atomic E-state index is 13.7. The van der Waals surface area contributed by atoms with Gasteiger partial charge in [0.2, 0.25) is 5.91 Å². The normalized spacial score (nSPS) is 12.8. The first-order chi connectivity index (χ1) is 9.69. The van der Waals surface area contributed by atoms with E-state index in [2.05, 4.69) is 5.32 Å². The summed E-state index contributed by atoms with van der Waals surface area (Å²) < 4.78 is 13.7. The zero-order chi connectivity index (χ0) is 16.2. The summed E-state index contributed by atoms with van der Waals surface area (Å²) in [5.74, 6) is -1.46. The Balaban J connectivity index is 0.00000441. The Morgan fingerprint density at radius 3 is 2.45 bits per heavy atom. The maximum atomic E-state index is 13.7. The SMILES string of the molecule is CCCC(C)(N)C(=O)Nc1ccc(F)c(C(=O)N(C)C)c1.Cl. The van der Waals surface area contributed by atoms with Crippen molar-refractivity contribution < 1.29 is 14.0 Å². The van der Waals surface area contributed by atoms with Crippen LogP contribution in [0.1, 0.15) is 37.0 Å². The van der Waals surface area contributed by atoms with Crippen molar-refractivity contribution in [3.8, 4) is 0 Å². The molecule has 0 radical (unpaired) electrons. The smallest absolute Gasteiger partial charge is 0.256 e. The fraction of sp³-hybridized carbons (Fsp3) is 0.467. The predicted octanol–water partition coefficient (Wildman–Crippen LogP) is 2.41. The minimum Gasteiger partial charge on any atom is -0.345 e. The Hall–Kier alpha value is -1.66. The highest BCUT2D eigenvalue weighted by Gasteiger charge is 2.27. The minimum absolute atomic E-state index is 0. The molecule has 7 heteroatoms. The van der Waals surface area contributed by atoms with Gasteiger partial charge in [0.1, 0.15) is 5.82 Å². The van der Waals surface area contributed by atoms with Crippen LogP contribution in [-0.4, -0.2) is 36.3 Å². The first-order valence-corrected chi connectivity index (χ1v) is 6.80. The Labute approximate surface area is 136 Å². The average Bonchev–Trinajstić information content (AvgIpc) is 2.39. The number of rotatable bonds is 5. The summed E-state index contributed by atoms with van der Waals surface area (Å²) in [4.78, 5) is 25.2. The van der Waals surface area contributed by atoms with Crippen LogP contribution in [0.25, 0.3) is 0 Å². The zero-order valence-electron chi connectivity index (χ0n) is 13.3. The second kappa shape index (κ2) is 8.10. The molecule has 0 bridgehead atoms. The molecule has 1 rings (SSSR count). The number of halogens is 2. The molecule has 1 atom stereocenters. The largest absolute Gasteiger partial charge is 0.345 e. The van der Waals surface area contributed by atoms with Crippen molar-refractivity contribution in [2.24, 2.45) is 5.73 Å². The average molecular weight is 332 g/mol. The molecule has 1 aromatic rings. The summed E-state index contributed by atoms with van der Waals surface area (Å²) in [6.07, 6.45) is 1.30. The van der Waals surface area contributed by atoms with E-state index in [0.29, 0.717) is 12.1 Å². The molecule has 0 aliphatic rings. The summed E-state index contributed by atoms with van der Waals surface area (Å²) in [5, 5.41) is 2.63. The van der Waals surface area contributed by atoms with Crippen molar-refractivity contribution in [3.63, 3.8) is 0 Å². The van der Waals surface area contributed by atoms with Gasteiger partial charge in [-0.2, -0.15) is 0 Å². The molecule has 1 aromatic carbocycles. The lowest BCUT2D eigenvalue weighted by Gasteiger charge is -2.23. The van der Waals surface area contributed by atoms with Gasteiger partial charge in [0, 0.05) is 19.8 Å². The van der Waals surface area contributed by atoms with Crippen molar-refractivity contribution in [2.45, 2.75) is 32.2 Å². The highest BCUT2D eigenvalue weighted by atomic mass is 35.5. The lowest BCUT2D eigenvalue weighted by molar-refractivity contribution is -0.120. The van der Waals surface area contributed by atoms with Crippen LogP contribution in [0.2, 0.25) is 0 Å². The minimum atomic E-state index is -1.01. The summed E-state index contributed by atoms with van der Waals surface area (Å²) in [6.45, 7) is 3.57. The molecule has 0 aromatic heterocycles. The number of nitrogens with two attached hydrogens (primary N) is 1. The lowest BCUT2D eigenvalue weighted by atomic mass is 9.96. The first kappa shape index (κ1) is 20.3. The van der Waals surface area contributed by atoms with Crippen molar-refractivity contribution in [1.82, 2.24) is 4.90 Å². The molecular weight excluding hydrogens is 309 g/mol. The first-order valence-electron chi connectivity index (χ1n) is 6.80. The zero-order valence-corrected chi connectivity index (χ0v) is 14.1. The van der Waals surface area contributed by atoms with E-state index >= 15 is 0 Å². The van der Waals surface area contributed by atoms with E-state index in [1.807, 2.05) is 6.92 Å². The molecule has 5 nitrogen and oxygen atoms in total. The Morgan fingerprint density at radius 1 is 1.36 bits per heavy atom. The molecule has 2 amide bonds. The summed E-state index contributed by atoms with van der Waals surface area (Å²) in [5.41, 5.74) is 5.18. The molecule has 124 valence electrons. The van der Waals surface area contributed by atoms with E-state index in [1.165, 1.54) is 31.1 Å². The fourth-order valence-corrected chi connectivity index (χ4v) is 1.91. The van der Waals surface area contributed by atoms with Gasteiger partial charge in [0.15, 0.2) is 0 Å². The highest BCUT2D eigenvalue weighted by Crippen LogP contribution is 2.18. The maximum Gasteiger partial charge on any atom is 0.256 e. The van der Waals surface area contributed by atoms with E-state index in [9.17, 15) is 14.0 Å². The van der Waals surface area contributed by atoms with E-state index in [4.69, 9.17) is 5.73 Å². The molecule has 0 saturated heterocycles. The molecule has 22 heavy (non-hydrogen) atoms. The van der Waals surface area contributed by atoms with Crippen molar-refractivity contribution in [3.05, 3.63) is 29.6 Å². The van der Waals surface area contributed by atoms with Crippen molar-refractivity contribution >= 4 is 29.9 Å². The number of carbonyl (C=O) groups excluding carboxylic acids is 2. The number of benzene rings is 1. The molecule has 0 saturated carbocycles. The summed E-state index contributed by atoms with van der Waals surface area (Å²) >= 11 is 0. The van der Waals surface area contributed by atoms with Crippen LogP contribution >= 0.6 is 12.4 Å². The standard InChI is InChI=1S/C15H22FN3O2.ClH/c1-5-8-15(2,17)14(21)18-10-6-7-12(16)11(9-10)13(20)19(3)4;/h6-7,9H,5,8,17H2,1-4H3,(H,18,21);1H. The topological polar surface area (TPSA) is 75.4 Å². The highest BCUT2D eigenvalue weighted by molar-refractivity contribution is 6.00. The second-order valence-electron chi connectivity index (χ2n) is 5.52. The summed E-state index contributed by atoms with van der Waals surface area (Å²) in [7, 11) is 3.07. The van der Waals surface area contributed by atoms with E-state index in [1.54, 1.807) is 6.92 Å². The van der Waals surface area contributed by atoms with Crippen LogP contribution in [-0.2, 0) is 4.79 Å². The summed E-state index contributed by atoms with van der Waals surface area (Å²) in [6, 6.07) is 3.87. The van der Waals surface area contributed by atoms with Crippen LogP contribution < -0.4 is 11.1 Å². The van der Waals surface area contributed by atoms with Crippen LogP contribution in [0, 0.1) is 5.82 Å². The lowest BCUT2D eigenvalue weighted by Crippen LogP contribution is -2.48. The van der Waals surface area contributed by atoms with Gasteiger partial charge in [-0.05, 0) is 31.5 Å². The third kappa shape index (κ3) is 4.96. The third-order valence-electron chi connectivity index (χ3n) is 3.15. The van der Waals surface area contributed by atoms with Gasteiger partial charge in [-0.3, -0.25) is 9.59 Å². The molecule has 0 aliphatic carbocycles. The Morgan fingerprint density at radius 2 is 1.95 bits per heavy atom. The molecular formula is C15H23ClFN3O2. The quantitative estimate of drug-likeness (QED) is 0.870. The molecule has 0 heterocycles. The van der Waals surface area contributed by atoms with Crippen molar-refractivity contribution in [1.29, 1.82) is 0 Å². The molecule has 0 fully saturated rings. The van der Waals surface area contributed by atoms with Gasteiger partial charge in [0.25, 0.3) is 5.91 Å². The van der Waals surface area contributed by atoms with Crippen LogP contribution in [0.3, 0.4) is 0 Å². The number of carbonyl (C=O) groups is 2. The fourth-order valence-electron chi connectivity index (χ4n) is 1.91. The Bertz CT molecular complexity index is 548. The number of anilines is 1. The van der Waals surface area contributed by atoms with Gasteiger partial charge in [-0.15, -0.1) is 12.4 Å². The van der Waals surface area contributed by atoms with Gasteiger partial charge >= 0.3 is 0 Å². The van der Waals surface area contributed by atoms with Crippen LogP contribution in [0.15, 0.2) is 18.2 Å². The van der Waals surface area contributed by atoms with Gasteiger partial charge < -0.3 is 16.0 Å². The van der Waals surface area contributed by atoms with Crippen LogP contribution in [0.4, 0.5) is 10.1 Å². The Kier molecular flexibility index (Phi) is 7.49. The van der Waals surface area contributed by atoms with Crippen LogP contribution in [0.5, 0.6) is 0 Å². The third-order valence-corrected chi connectivity index (χ3v) is 3.15. The molecule has 0 spiro atoms. The van der Waals surface area contributed by atoms with E-state index < -0.39 is 17.3 Å². The number of hydrogen-bond acceptors (Lipinski definition) is 3. The molecule has 0 aliphatic heterocycles. The molecule has 1 unspecified atom stereocenters. The number of nitrogens with zero attached hydrogens (tertiary/aromatic N) is 1.